The van der Waals surface area contributed by atoms with Crippen LogP contribution in [-0.2, 0) is 27.3 Å². The molecule has 0 aliphatic rings. The summed E-state index contributed by atoms with van der Waals surface area (Å²) in [7, 11) is 1.44. The van der Waals surface area contributed by atoms with E-state index < -0.39 is 29.0 Å². The van der Waals surface area contributed by atoms with E-state index in [4.69, 9.17) is 34.6 Å². The minimum atomic E-state index is -0.918. The number of methoxy groups -OCH3 is 1. The van der Waals surface area contributed by atoms with E-state index in [1.54, 1.807) is 42.5 Å². The van der Waals surface area contributed by atoms with Gasteiger partial charge >= 0.3 is 11.8 Å². The van der Waals surface area contributed by atoms with Gasteiger partial charge in [-0.25, -0.2) is 9.59 Å². The molecule has 5 rings (SSSR count). The van der Waals surface area contributed by atoms with Gasteiger partial charge in [-0.2, -0.15) is 0 Å². The van der Waals surface area contributed by atoms with Crippen LogP contribution in [0, 0.1) is 6.92 Å². The normalized spacial score (nSPS) is 12.2. The third kappa shape index (κ3) is 8.32. The van der Waals surface area contributed by atoms with Crippen LogP contribution in [-0.4, -0.2) is 46.4 Å². The summed E-state index contributed by atoms with van der Waals surface area (Å²) in [6, 6.07) is 12.1. The van der Waals surface area contributed by atoms with Gasteiger partial charge in [-0.15, -0.1) is 0 Å². The first-order chi connectivity index (χ1) is 23.6. The molecule has 3 aromatic heterocycles. The Bertz CT molecular complexity index is 2200. The van der Waals surface area contributed by atoms with Gasteiger partial charge in [0.1, 0.15) is 11.4 Å². The lowest BCUT2D eigenvalue weighted by atomic mass is 9.96. The number of nitrogens with zero attached hydrogens (tertiary/aromatic N) is 1. The summed E-state index contributed by atoms with van der Waals surface area (Å²) in [5.41, 5.74) is 1.69. The zero-order valence-electron chi connectivity index (χ0n) is 28.5. The van der Waals surface area contributed by atoms with E-state index >= 15 is 0 Å². The van der Waals surface area contributed by atoms with Gasteiger partial charge in [0.05, 0.1) is 24.9 Å². The third-order valence-corrected chi connectivity index (χ3v) is 8.24. The predicted molar refractivity (Wildman–Crippen MR) is 185 cm³/mol. The highest BCUT2D eigenvalue weighted by molar-refractivity contribution is 6.31. The van der Waals surface area contributed by atoms with Crippen molar-refractivity contribution in [1.82, 2.24) is 9.55 Å². The van der Waals surface area contributed by atoms with E-state index in [-0.39, 0.29) is 60.6 Å². The lowest BCUT2D eigenvalue weighted by Gasteiger charge is -2.24. The topological polar surface area (TPSA) is 160 Å². The van der Waals surface area contributed by atoms with Crippen molar-refractivity contribution in [1.29, 1.82) is 0 Å². The molecule has 5 aromatic rings. The van der Waals surface area contributed by atoms with E-state index in [1.165, 1.54) is 37.8 Å². The van der Waals surface area contributed by atoms with Crippen LogP contribution in [0.1, 0.15) is 78.1 Å². The quantitative estimate of drug-likeness (QED) is 0.104. The summed E-state index contributed by atoms with van der Waals surface area (Å²) in [5, 5.41) is 1.04. The Morgan fingerprint density at radius 1 is 1.00 bits per heavy atom. The number of hydrogen-bond donors (Lipinski definition) is 1. The van der Waals surface area contributed by atoms with Gasteiger partial charge in [-0.05, 0) is 88.6 Å². The molecule has 12 nitrogen and oxygen atoms in total. The van der Waals surface area contributed by atoms with Crippen LogP contribution in [0.3, 0.4) is 0 Å². The van der Waals surface area contributed by atoms with E-state index in [9.17, 15) is 24.0 Å². The molecule has 0 fully saturated rings. The molecule has 2 aromatic carbocycles. The van der Waals surface area contributed by atoms with Crippen molar-refractivity contribution in [2.75, 3.05) is 13.7 Å². The molecule has 0 bridgehead atoms. The highest BCUT2D eigenvalue weighted by atomic mass is 35.5. The van der Waals surface area contributed by atoms with E-state index in [0.29, 0.717) is 38.2 Å². The highest BCUT2D eigenvalue weighted by Crippen LogP contribution is 2.34. The number of benzene rings is 2. The van der Waals surface area contributed by atoms with Crippen molar-refractivity contribution in [3.8, 4) is 16.9 Å². The van der Waals surface area contributed by atoms with Crippen molar-refractivity contribution in [3.05, 3.63) is 109 Å². The molecule has 0 amide bonds. The van der Waals surface area contributed by atoms with E-state index in [0.717, 1.165) is 0 Å². The molecule has 0 unspecified atom stereocenters. The van der Waals surface area contributed by atoms with Crippen molar-refractivity contribution in [2.24, 2.45) is 0 Å². The van der Waals surface area contributed by atoms with Crippen LogP contribution in [0.5, 0.6) is 5.75 Å². The molecule has 0 aliphatic carbocycles. The number of H-pyrrole nitrogens is 1. The number of aryl methyl sites for hydroxylation is 1. The van der Waals surface area contributed by atoms with E-state index in [2.05, 4.69) is 4.98 Å². The smallest absolute Gasteiger partial charge is 0.495 e. The molecule has 262 valence electrons. The summed E-state index contributed by atoms with van der Waals surface area (Å²) < 4.78 is 27.9. The maximum Gasteiger partial charge on any atom is 0.519 e. The fourth-order valence-electron chi connectivity index (χ4n) is 5.56. The van der Waals surface area contributed by atoms with Gasteiger partial charge in [0.2, 0.25) is 0 Å². The molecule has 50 heavy (non-hydrogen) atoms. The van der Waals surface area contributed by atoms with Crippen molar-refractivity contribution >= 4 is 40.0 Å². The van der Waals surface area contributed by atoms with Gasteiger partial charge in [-0.1, -0.05) is 17.7 Å². The first-order valence-electron chi connectivity index (χ1n) is 15.8. The molecule has 0 saturated carbocycles. The lowest BCUT2D eigenvalue weighted by molar-refractivity contribution is -0.122. The molecule has 0 aliphatic heterocycles. The molecule has 1 atom stereocenters. The number of nitrogens with one attached hydrogen (secondary N) is 1. The fourth-order valence-corrected chi connectivity index (χ4v) is 5.73. The summed E-state index contributed by atoms with van der Waals surface area (Å²) in [6.45, 7) is 8.56. The van der Waals surface area contributed by atoms with Crippen LogP contribution in [0.15, 0.2) is 73.2 Å². The molecule has 3 heterocycles. The summed E-state index contributed by atoms with van der Waals surface area (Å²) in [4.78, 5) is 67.2. The van der Waals surface area contributed by atoms with Gasteiger partial charge < -0.3 is 32.6 Å². The molecule has 0 saturated heterocycles. The summed E-state index contributed by atoms with van der Waals surface area (Å²) >= 11 is 6.26. The Balaban J connectivity index is 1.43. The number of fused-ring (bicyclic) bond motifs is 1. The van der Waals surface area contributed by atoms with Gasteiger partial charge in [-0.3, -0.25) is 14.4 Å². The number of ether oxygens (including phenoxy) is 3. The Kier molecular flexibility index (Phi) is 10.6. The van der Waals surface area contributed by atoms with Crippen molar-refractivity contribution < 1.29 is 37.4 Å². The average Bonchev–Trinajstić information content (AvgIpc) is 3.62. The van der Waals surface area contributed by atoms with Crippen molar-refractivity contribution in [3.63, 3.8) is 0 Å². The number of Topliss-reactive ketones (excluding diaryl/α,β-unsaturated/α-hetero) is 2. The molecule has 0 radical (unpaired) electrons. The highest BCUT2D eigenvalue weighted by Gasteiger charge is 2.26. The number of rotatable bonds is 13. The number of pyridine rings is 1. The van der Waals surface area contributed by atoms with Crippen LogP contribution in [0.25, 0.3) is 22.0 Å². The SMILES string of the molecule is COc1cn([C@@H](CCOC(C)(C)C)C(=O)Cc2ccc3[nH]c(C(=O)OCc4oc(=O)oc4C)cc3c2)c(=O)cc1-c1cc(Cl)ccc1C(C)=O. The minimum Gasteiger partial charge on any atom is -0.495 e. The largest absolute Gasteiger partial charge is 0.519 e. The number of carbonyl (C=O) groups is 3. The number of ketones is 2. The van der Waals surface area contributed by atoms with Crippen LogP contribution in [0.2, 0.25) is 5.02 Å². The zero-order chi connectivity index (χ0) is 36.3. The molecule has 1 N–H and O–H groups in total. The number of halogens is 1. The first-order valence-corrected chi connectivity index (χ1v) is 16.2. The predicted octanol–water partition coefficient (Wildman–Crippen LogP) is 6.63. The molecule has 0 spiro atoms. The zero-order valence-corrected chi connectivity index (χ0v) is 29.3. The average molecular weight is 705 g/mol. The summed E-state index contributed by atoms with van der Waals surface area (Å²) in [6.07, 6.45) is 1.65. The molecular weight excluding hydrogens is 668 g/mol. The van der Waals surface area contributed by atoms with Crippen LogP contribution in [0.4, 0.5) is 0 Å². The van der Waals surface area contributed by atoms with Crippen LogP contribution < -0.4 is 16.1 Å². The number of aromatic nitrogens is 2. The maximum atomic E-state index is 14.0. The number of hydrogen-bond acceptors (Lipinski definition) is 10. The fraction of sp³-hybridized carbons (Fsp3) is 0.324. The second-order valence-corrected chi connectivity index (χ2v) is 13.2. The monoisotopic (exact) mass is 704 g/mol. The second-order valence-electron chi connectivity index (χ2n) is 12.8. The second kappa shape index (κ2) is 14.7. The maximum absolute atomic E-state index is 14.0. The Morgan fingerprint density at radius 2 is 1.76 bits per heavy atom. The molecular formula is C37H37ClN2O10. The summed E-state index contributed by atoms with van der Waals surface area (Å²) in [5.74, 6) is -1.41. The molecule has 13 heteroatoms. The minimum absolute atomic E-state index is 0.0286. The first kappa shape index (κ1) is 36.1. The Morgan fingerprint density at radius 3 is 2.42 bits per heavy atom. The third-order valence-electron chi connectivity index (χ3n) is 8.00. The number of esters is 1. The Hall–Kier alpha value is -5.20. The van der Waals surface area contributed by atoms with E-state index in [1.807, 2.05) is 20.8 Å². The van der Waals surface area contributed by atoms with Gasteiger partial charge in [0.15, 0.2) is 29.7 Å². The number of aromatic amines is 1. The van der Waals surface area contributed by atoms with Gasteiger partial charge in [0.25, 0.3) is 5.56 Å². The Labute approximate surface area is 291 Å². The lowest BCUT2D eigenvalue weighted by Crippen LogP contribution is -2.32. The standard InChI is InChI=1S/C37H37ClN2O10/c1-20(41)25-9-8-24(38)16-26(25)27-17-34(43)40(18-32(27)46-6)30(11-12-48-37(3,4)5)31(42)14-22-7-10-28-23(13-22)15-29(39-28)35(44)47-19-33-21(2)49-36(45)50-33/h7-10,13,15-18,30,39H,11-12,14,19H2,1-6H3/t30-/m0/s1. The van der Waals surface area contributed by atoms with Crippen molar-refractivity contribution in [2.45, 2.75) is 65.7 Å². The van der Waals surface area contributed by atoms with Gasteiger partial charge in [0, 0.05) is 46.1 Å². The number of carbonyl (C=O) groups excluding carboxylic acids is 3. The van der Waals surface area contributed by atoms with Crippen LogP contribution >= 0.6 is 11.6 Å².